The molecule has 5 atom stereocenters. The van der Waals surface area contributed by atoms with E-state index in [1.807, 2.05) is 0 Å². The van der Waals surface area contributed by atoms with Crippen molar-refractivity contribution in [2.45, 2.75) is 37.6 Å². The average molecular weight is 247 g/mol. The van der Waals surface area contributed by atoms with E-state index in [0.29, 0.717) is 0 Å². The molecular formula is C10H17NO6. The van der Waals surface area contributed by atoms with E-state index in [-0.39, 0.29) is 5.57 Å². The van der Waals surface area contributed by atoms with Crippen LogP contribution in [-0.4, -0.2) is 63.6 Å². The summed E-state index contributed by atoms with van der Waals surface area (Å²) in [5.74, 6) is -0.564. The highest BCUT2D eigenvalue weighted by Crippen LogP contribution is 2.19. The Kier molecular flexibility index (Phi) is 4.61. The van der Waals surface area contributed by atoms with Crippen molar-refractivity contribution in [1.29, 1.82) is 0 Å². The Morgan fingerprint density at radius 3 is 2.41 bits per heavy atom. The van der Waals surface area contributed by atoms with Gasteiger partial charge in [-0.05, 0) is 6.92 Å². The number of rotatable bonds is 3. The van der Waals surface area contributed by atoms with Crippen molar-refractivity contribution in [3.05, 3.63) is 12.2 Å². The number of carbonyl (C=O) groups is 1. The highest BCUT2D eigenvalue weighted by atomic mass is 16.6. The summed E-state index contributed by atoms with van der Waals surface area (Å²) in [6.45, 7) is 4.32. The summed E-state index contributed by atoms with van der Waals surface area (Å²) in [4.78, 5) is 11.3. The minimum Gasteiger partial charge on any atom is -0.394 e. The Balaban J connectivity index is 2.73. The van der Waals surface area contributed by atoms with Crippen LogP contribution in [0.15, 0.2) is 12.2 Å². The lowest BCUT2D eigenvalue weighted by Crippen LogP contribution is -2.64. The van der Waals surface area contributed by atoms with Crippen LogP contribution >= 0.6 is 0 Å². The Morgan fingerprint density at radius 1 is 1.35 bits per heavy atom. The third kappa shape index (κ3) is 3.02. The first-order valence-electron chi connectivity index (χ1n) is 5.15. The Bertz CT molecular complexity index is 307. The minimum absolute atomic E-state index is 0.197. The zero-order chi connectivity index (χ0) is 13.2. The molecule has 1 heterocycles. The molecule has 98 valence electrons. The molecule has 17 heavy (non-hydrogen) atoms. The van der Waals surface area contributed by atoms with E-state index in [4.69, 9.17) is 9.84 Å². The molecule has 0 unspecified atom stereocenters. The lowest BCUT2D eigenvalue weighted by molar-refractivity contribution is -0.253. The van der Waals surface area contributed by atoms with Gasteiger partial charge in [-0.3, -0.25) is 4.79 Å². The summed E-state index contributed by atoms with van der Waals surface area (Å²) in [7, 11) is 0. The van der Waals surface area contributed by atoms with Crippen LogP contribution in [0.1, 0.15) is 6.92 Å². The standard InChI is InChI=1S/C10H17NO6/c1-4(2)9(15)11-6-8(14)7(13)5(3-12)17-10(6)16/h5-8,10,12-14,16H,1,3H2,2H3,(H,11,15)/t5-,6-,7-,8-,10+/m1/s1. The number of carbonyl (C=O) groups excluding carboxylic acids is 1. The molecule has 0 aromatic rings. The topological polar surface area (TPSA) is 119 Å². The normalized spacial score (nSPS) is 37.6. The molecule has 7 heteroatoms. The smallest absolute Gasteiger partial charge is 0.246 e. The number of ether oxygens (including phenoxy) is 1. The monoisotopic (exact) mass is 247 g/mol. The summed E-state index contributed by atoms with van der Waals surface area (Å²) in [6, 6.07) is -1.17. The van der Waals surface area contributed by atoms with Gasteiger partial charge < -0.3 is 30.5 Å². The van der Waals surface area contributed by atoms with Crippen molar-refractivity contribution in [3.8, 4) is 0 Å². The molecule has 0 radical (unpaired) electrons. The van der Waals surface area contributed by atoms with E-state index in [2.05, 4.69) is 11.9 Å². The van der Waals surface area contributed by atoms with Crippen LogP contribution in [0.2, 0.25) is 0 Å². The maximum absolute atomic E-state index is 11.3. The predicted octanol–water partition coefficient (Wildman–Crippen LogP) is -2.52. The van der Waals surface area contributed by atoms with E-state index in [0.717, 1.165) is 0 Å². The Morgan fingerprint density at radius 2 is 1.94 bits per heavy atom. The summed E-state index contributed by atoms with van der Waals surface area (Å²) in [5.41, 5.74) is 0.197. The quantitative estimate of drug-likeness (QED) is 0.351. The third-order valence-electron chi connectivity index (χ3n) is 2.59. The minimum atomic E-state index is -1.51. The highest BCUT2D eigenvalue weighted by molar-refractivity contribution is 5.92. The van der Waals surface area contributed by atoms with Crippen LogP contribution in [0.3, 0.4) is 0 Å². The first-order valence-corrected chi connectivity index (χ1v) is 5.15. The molecule has 1 amide bonds. The zero-order valence-electron chi connectivity index (χ0n) is 9.41. The number of aliphatic hydroxyl groups excluding tert-OH is 4. The van der Waals surface area contributed by atoms with Gasteiger partial charge >= 0.3 is 0 Å². The van der Waals surface area contributed by atoms with E-state index in [1.165, 1.54) is 6.92 Å². The summed E-state index contributed by atoms with van der Waals surface area (Å²) >= 11 is 0. The molecule has 1 fully saturated rings. The largest absolute Gasteiger partial charge is 0.394 e. The SMILES string of the molecule is C=C(C)C(=O)N[C@@H]1[C@@H](O)[C@H](O)[C@@H](CO)O[C@@H]1O. The Hall–Kier alpha value is -0.990. The molecule has 0 aliphatic carbocycles. The molecule has 0 bridgehead atoms. The number of hydrogen-bond acceptors (Lipinski definition) is 6. The lowest BCUT2D eigenvalue weighted by atomic mass is 9.97. The summed E-state index contributed by atoms with van der Waals surface area (Å²) in [5, 5.41) is 39.9. The molecule has 1 aliphatic rings. The number of amides is 1. The van der Waals surface area contributed by atoms with Gasteiger partial charge in [0.05, 0.1) is 6.61 Å². The van der Waals surface area contributed by atoms with Crippen molar-refractivity contribution in [2.24, 2.45) is 0 Å². The molecule has 0 saturated carbocycles. The van der Waals surface area contributed by atoms with Crippen molar-refractivity contribution < 1.29 is 30.0 Å². The second-order valence-electron chi connectivity index (χ2n) is 4.01. The van der Waals surface area contributed by atoms with Crippen molar-refractivity contribution >= 4 is 5.91 Å². The average Bonchev–Trinajstić information content (AvgIpc) is 2.28. The molecule has 0 aromatic heterocycles. The second kappa shape index (κ2) is 5.56. The second-order valence-corrected chi connectivity index (χ2v) is 4.01. The van der Waals surface area contributed by atoms with E-state index < -0.39 is 43.2 Å². The molecule has 7 nitrogen and oxygen atoms in total. The zero-order valence-corrected chi connectivity index (χ0v) is 9.41. The third-order valence-corrected chi connectivity index (χ3v) is 2.59. The van der Waals surface area contributed by atoms with Gasteiger partial charge in [0.2, 0.25) is 5.91 Å². The first kappa shape index (κ1) is 14.1. The first-order chi connectivity index (χ1) is 7.88. The van der Waals surface area contributed by atoms with Gasteiger partial charge in [-0.25, -0.2) is 0 Å². The van der Waals surface area contributed by atoms with E-state index >= 15 is 0 Å². The molecule has 1 saturated heterocycles. The van der Waals surface area contributed by atoms with Gasteiger partial charge in [0, 0.05) is 5.57 Å². The lowest BCUT2D eigenvalue weighted by Gasteiger charge is -2.40. The van der Waals surface area contributed by atoms with Crippen LogP contribution in [0, 0.1) is 0 Å². The molecule has 5 N–H and O–H groups in total. The van der Waals surface area contributed by atoms with Gasteiger partial charge in [0.1, 0.15) is 24.4 Å². The Labute approximate surface area is 98.3 Å². The molecule has 0 spiro atoms. The van der Waals surface area contributed by atoms with E-state index in [9.17, 15) is 20.1 Å². The van der Waals surface area contributed by atoms with Crippen LogP contribution in [0.25, 0.3) is 0 Å². The van der Waals surface area contributed by atoms with Crippen LogP contribution in [0.4, 0.5) is 0 Å². The van der Waals surface area contributed by atoms with Crippen LogP contribution < -0.4 is 5.32 Å². The van der Waals surface area contributed by atoms with Gasteiger partial charge in [-0.15, -0.1) is 0 Å². The summed E-state index contributed by atoms with van der Waals surface area (Å²) < 4.78 is 4.86. The van der Waals surface area contributed by atoms with Gasteiger partial charge in [-0.2, -0.15) is 0 Å². The highest BCUT2D eigenvalue weighted by Gasteiger charge is 2.44. The predicted molar refractivity (Wildman–Crippen MR) is 56.7 cm³/mol. The van der Waals surface area contributed by atoms with Crippen molar-refractivity contribution in [3.63, 3.8) is 0 Å². The van der Waals surface area contributed by atoms with Gasteiger partial charge in [0.25, 0.3) is 0 Å². The van der Waals surface area contributed by atoms with Gasteiger partial charge in [-0.1, -0.05) is 6.58 Å². The molecule has 1 rings (SSSR count). The van der Waals surface area contributed by atoms with Gasteiger partial charge in [0.15, 0.2) is 6.29 Å². The number of nitrogens with one attached hydrogen (secondary N) is 1. The number of aliphatic hydroxyl groups is 4. The summed E-state index contributed by atoms with van der Waals surface area (Å²) in [6.07, 6.45) is -5.41. The fourth-order valence-electron chi connectivity index (χ4n) is 1.53. The fraction of sp³-hybridized carbons (Fsp3) is 0.700. The van der Waals surface area contributed by atoms with Crippen LogP contribution in [-0.2, 0) is 9.53 Å². The molecular weight excluding hydrogens is 230 g/mol. The van der Waals surface area contributed by atoms with Crippen molar-refractivity contribution in [1.82, 2.24) is 5.32 Å². The van der Waals surface area contributed by atoms with Crippen molar-refractivity contribution in [2.75, 3.05) is 6.61 Å². The van der Waals surface area contributed by atoms with E-state index in [1.54, 1.807) is 0 Å². The molecule has 0 aromatic carbocycles. The maximum Gasteiger partial charge on any atom is 0.246 e. The van der Waals surface area contributed by atoms with Crippen LogP contribution in [0.5, 0.6) is 0 Å². The number of hydrogen-bond donors (Lipinski definition) is 5. The maximum atomic E-state index is 11.3. The molecule has 1 aliphatic heterocycles. The fourth-order valence-corrected chi connectivity index (χ4v) is 1.53.